The third-order valence-electron chi connectivity index (χ3n) is 5.05. The predicted molar refractivity (Wildman–Crippen MR) is 120 cm³/mol. The van der Waals surface area contributed by atoms with Crippen LogP contribution in [0.15, 0.2) is 17.1 Å². The van der Waals surface area contributed by atoms with E-state index in [1.54, 1.807) is 33.9 Å². The fraction of sp³-hybridized carbons (Fsp3) is 0.619. The number of terminal acetylenes is 1. The van der Waals surface area contributed by atoms with Crippen molar-refractivity contribution in [3.05, 3.63) is 12.2 Å². The maximum absolute atomic E-state index is 11.3. The van der Waals surface area contributed by atoms with Crippen molar-refractivity contribution in [2.45, 2.75) is 0 Å². The maximum Gasteiger partial charge on any atom is 0.317 e. The SMILES string of the molecule is C#C/C=C\C(CN1CCN(CC(=O)O)CCN(CC(=O)O)CCN(CC(=O)O)CC1)=N/C. The lowest BCUT2D eigenvalue weighted by atomic mass is 10.2. The van der Waals surface area contributed by atoms with Gasteiger partial charge in [-0.2, -0.15) is 0 Å². The molecule has 0 spiro atoms. The Kier molecular flexibility index (Phi) is 12.9. The van der Waals surface area contributed by atoms with E-state index < -0.39 is 17.9 Å². The second-order valence-electron chi connectivity index (χ2n) is 7.50. The van der Waals surface area contributed by atoms with Gasteiger partial charge in [0.2, 0.25) is 0 Å². The van der Waals surface area contributed by atoms with Gasteiger partial charge in [-0.25, -0.2) is 0 Å². The number of aliphatic carboxylic acids is 3. The third kappa shape index (κ3) is 12.2. The summed E-state index contributed by atoms with van der Waals surface area (Å²) in [5.41, 5.74) is 0.761. The quantitative estimate of drug-likeness (QED) is 0.287. The molecule has 1 fully saturated rings. The van der Waals surface area contributed by atoms with Crippen LogP contribution in [-0.2, 0) is 14.4 Å². The molecule has 0 aromatic carbocycles. The molecular weight excluding hydrogens is 418 g/mol. The van der Waals surface area contributed by atoms with Crippen LogP contribution >= 0.6 is 0 Å². The van der Waals surface area contributed by atoms with Gasteiger partial charge in [-0.3, -0.25) is 39.0 Å². The van der Waals surface area contributed by atoms with Gasteiger partial charge in [0.15, 0.2) is 0 Å². The minimum atomic E-state index is -0.982. The number of carbonyl (C=O) groups is 3. The van der Waals surface area contributed by atoms with Crippen molar-refractivity contribution >= 4 is 23.6 Å². The number of allylic oxidation sites excluding steroid dienone is 1. The lowest BCUT2D eigenvalue weighted by Gasteiger charge is -2.33. The van der Waals surface area contributed by atoms with E-state index in [4.69, 9.17) is 6.42 Å². The number of hydrogen-bond acceptors (Lipinski definition) is 8. The van der Waals surface area contributed by atoms with E-state index in [-0.39, 0.29) is 19.6 Å². The highest BCUT2D eigenvalue weighted by Crippen LogP contribution is 2.02. The largest absolute Gasteiger partial charge is 0.480 e. The van der Waals surface area contributed by atoms with Crippen LogP contribution in [0.3, 0.4) is 0 Å². The van der Waals surface area contributed by atoms with E-state index in [1.165, 1.54) is 0 Å². The van der Waals surface area contributed by atoms with Crippen LogP contribution in [0.5, 0.6) is 0 Å². The topological polar surface area (TPSA) is 137 Å². The highest BCUT2D eigenvalue weighted by molar-refractivity contribution is 5.96. The first kappa shape index (κ1) is 27.3. The molecule has 178 valence electrons. The first-order chi connectivity index (χ1) is 15.2. The lowest BCUT2D eigenvalue weighted by molar-refractivity contribution is -0.140. The summed E-state index contributed by atoms with van der Waals surface area (Å²) in [4.78, 5) is 45.4. The molecule has 32 heavy (non-hydrogen) atoms. The van der Waals surface area contributed by atoms with Gasteiger partial charge >= 0.3 is 17.9 Å². The second kappa shape index (κ2) is 15.1. The zero-order valence-corrected chi connectivity index (χ0v) is 18.5. The van der Waals surface area contributed by atoms with Crippen molar-refractivity contribution < 1.29 is 29.7 Å². The highest BCUT2D eigenvalue weighted by atomic mass is 16.4. The van der Waals surface area contributed by atoms with Crippen LogP contribution in [0.25, 0.3) is 0 Å². The first-order valence-electron chi connectivity index (χ1n) is 10.4. The molecule has 0 unspecified atom stereocenters. The number of nitrogens with zero attached hydrogens (tertiary/aromatic N) is 5. The lowest BCUT2D eigenvalue weighted by Crippen LogP contribution is -2.49. The van der Waals surface area contributed by atoms with Crippen molar-refractivity contribution in [2.75, 3.05) is 85.6 Å². The standard InChI is InChI=1S/C21H33N5O6/c1-3-4-5-18(22-2)14-23-6-8-24(15-19(27)28)10-12-26(17-21(31)32)13-11-25(9-7-23)16-20(29)30/h1,4-5H,6-17H2,2H3,(H,27,28)(H,29,30)(H,31,32)/b5-4-,22-18+. The van der Waals surface area contributed by atoms with Gasteiger partial charge in [0, 0.05) is 71.7 Å². The Morgan fingerprint density at radius 1 is 0.750 bits per heavy atom. The maximum atomic E-state index is 11.3. The summed E-state index contributed by atoms with van der Waals surface area (Å²) in [6, 6.07) is 0. The molecule has 0 atom stereocenters. The summed E-state index contributed by atoms with van der Waals surface area (Å²) in [5.74, 6) is -0.455. The van der Waals surface area contributed by atoms with E-state index in [2.05, 4.69) is 15.8 Å². The molecule has 1 aliphatic heterocycles. The molecule has 0 aromatic heterocycles. The van der Waals surface area contributed by atoms with Crippen LogP contribution in [0.4, 0.5) is 0 Å². The van der Waals surface area contributed by atoms with Crippen LogP contribution in [-0.4, -0.2) is 144 Å². The minimum Gasteiger partial charge on any atom is -0.480 e. The molecular formula is C21H33N5O6. The molecule has 0 aliphatic carbocycles. The Morgan fingerprint density at radius 2 is 1.06 bits per heavy atom. The fourth-order valence-electron chi connectivity index (χ4n) is 3.36. The van der Waals surface area contributed by atoms with Crippen molar-refractivity contribution in [1.29, 1.82) is 0 Å². The Hall–Kier alpha value is -2.78. The number of carboxylic acids is 3. The zero-order chi connectivity index (χ0) is 23.9. The van der Waals surface area contributed by atoms with E-state index in [0.29, 0.717) is 58.9 Å². The fourth-order valence-corrected chi connectivity index (χ4v) is 3.36. The minimum absolute atomic E-state index is 0.147. The summed E-state index contributed by atoms with van der Waals surface area (Å²) in [7, 11) is 1.66. The molecule has 1 heterocycles. The van der Waals surface area contributed by atoms with Crippen LogP contribution < -0.4 is 0 Å². The van der Waals surface area contributed by atoms with Crippen LogP contribution in [0.2, 0.25) is 0 Å². The van der Waals surface area contributed by atoms with Crippen LogP contribution in [0.1, 0.15) is 0 Å². The van der Waals surface area contributed by atoms with Gasteiger partial charge in [-0.05, 0) is 12.2 Å². The monoisotopic (exact) mass is 451 g/mol. The molecule has 0 amide bonds. The summed E-state index contributed by atoms with van der Waals surface area (Å²) in [6.45, 7) is 3.51. The average molecular weight is 452 g/mol. The van der Waals surface area contributed by atoms with E-state index in [1.807, 2.05) is 0 Å². The smallest absolute Gasteiger partial charge is 0.317 e. The molecule has 0 bridgehead atoms. The molecule has 11 nitrogen and oxygen atoms in total. The molecule has 0 aromatic rings. The second-order valence-corrected chi connectivity index (χ2v) is 7.50. The van der Waals surface area contributed by atoms with Crippen LogP contribution in [0, 0.1) is 12.3 Å². The van der Waals surface area contributed by atoms with Gasteiger partial charge in [0.25, 0.3) is 0 Å². The molecule has 0 saturated carbocycles. The van der Waals surface area contributed by atoms with E-state index >= 15 is 0 Å². The Labute approximate surface area is 188 Å². The van der Waals surface area contributed by atoms with Gasteiger partial charge in [-0.15, -0.1) is 6.42 Å². The molecule has 1 rings (SSSR count). The summed E-state index contributed by atoms with van der Waals surface area (Å²) in [5, 5.41) is 27.7. The van der Waals surface area contributed by atoms with Gasteiger partial charge < -0.3 is 15.3 Å². The summed E-state index contributed by atoms with van der Waals surface area (Å²) >= 11 is 0. The van der Waals surface area contributed by atoms with Gasteiger partial charge in [0.1, 0.15) is 0 Å². The highest BCUT2D eigenvalue weighted by Gasteiger charge is 2.20. The number of hydrogen-bond donors (Lipinski definition) is 3. The number of aliphatic imine (C=N–C) groups is 1. The Balaban J connectivity index is 3.02. The molecule has 3 N–H and O–H groups in total. The van der Waals surface area contributed by atoms with Crippen molar-refractivity contribution in [2.24, 2.45) is 4.99 Å². The average Bonchev–Trinajstić information content (AvgIpc) is 2.71. The summed E-state index contributed by atoms with van der Waals surface area (Å²) < 4.78 is 0. The molecule has 1 saturated heterocycles. The Bertz CT molecular complexity index is 701. The molecule has 1 aliphatic rings. The van der Waals surface area contributed by atoms with E-state index in [0.717, 1.165) is 5.71 Å². The summed E-state index contributed by atoms with van der Waals surface area (Å²) in [6.07, 6.45) is 8.58. The van der Waals surface area contributed by atoms with Crippen molar-refractivity contribution in [3.8, 4) is 12.3 Å². The predicted octanol–water partition coefficient (Wildman–Crippen LogP) is -1.28. The van der Waals surface area contributed by atoms with Crippen molar-refractivity contribution in [3.63, 3.8) is 0 Å². The Morgan fingerprint density at radius 3 is 1.31 bits per heavy atom. The van der Waals surface area contributed by atoms with Crippen molar-refractivity contribution in [1.82, 2.24) is 19.6 Å². The van der Waals surface area contributed by atoms with E-state index in [9.17, 15) is 29.7 Å². The normalized spacial score (nSPS) is 19.2. The molecule has 0 radical (unpaired) electrons. The first-order valence-corrected chi connectivity index (χ1v) is 10.4. The number of carboxylic acid groups (broad SMARTS) is 3. The zero-order valence-electron chi connectivity index (χ0n) is 18.5. The third-order valence-corrected chi connectivity index (χ3v) is 5.05. The number of rotatable bonds is 9. The molecule has 11 heteroatoms. The van der Waals surface area contributed by atoms with Gasteiger partial charge in [0.05, 0.1) is 19.6 Å². The van der Waals surface area contributed by atoms with Gasteiger partial charge in [-0.1, -0.05) is 5.92 Å².